The summed E-state index contributed by atoms with van der Waals surface area (Å²) in [5, 5.41) is 23.0. The number of benzene rings is 2. The monoisotopic (exact) mass is 506 g/mol. The highest BCUT2D eigenvalue weighted by Gasteiger charge is 2.36. The van der Waals surface area contributed by atoms with Gasteiger partial charge in [0.1, 0.15) is 0 Å². The van der Waals surface area contributed by atoms with Gasteiger partial charge in [0.15, 0.2) is 0 Å². The number of carbonyl (C=O) groups excluding carboxylic acids is 1. The maximum absolute atomic E-state index is 10.4. The summed E-state index contributed by atoms with van der Waals surface area (Å²) in [6.45, 7) is 3.78. The molecule has 2 aromatic carbocycles. The molecule has 1 saturated heterocycles. The van der Waals surface area contributed by atoms with Crippen molar-refractivity contribution < 1.29 is 9.90 Å². The van der Waals surface area contributed by atoms with E-state index >= 15 is 0 Å². The molecule has 2 unspecified atom stereocenters. The molecular weight excluding hydrogens is 475 g/mol. The van der Waals surface area contributed by atoms with Crippen LogP contribution >= 0.6 is 20.6 Å². The second kappa shape index (κ2) is 10.9. The van der Waals surface area contributed by atoms with Gasteiger partial charge in [0.2, 0.25) is 6.41 Å². The number of hydrogen-bond donors (Lipinski definition) is 3. The highest BCUT2D eigenvalue weighted by molar-refractivity contribution is 7.27. The number of nitrogens with two attached hydrogens (primary N) is 1. The fourth-order valence-electron chi connectivity index (χ4n) is 4.47. The lowest BCUT2D eigenvalue weighted by Gasteiger charge is -2.45. The van der Waals surface area contributed by atoms with Gasteiger partial charge in [0, 0.05) is 46.7 Å². The molecule has 35 heavy (non-hydrogen) atoms. The summed E-state index contributed by atoms with van der Waals surface area (Å²) in [7, 11) is 2.66. The normalized spacial score (nSPS) is 15.2. The molecule has 0 bridgehead atoms. The number of thiophene rings is 1. The van der Waals surface area contributed by atoms with Crippen LogP contribution < -0.4 is 21.3 Å². The first-order chi connectivity index (χ1) is 16.8. The van der Waals surface area contributed by atoms with Gasteiger partial charge in [-0.2, -0.15) is 5.26 Å². The molecule has 0 spiro atoms. The maximum atomic E-state index is 10.4. The third-order valence-electron chi connectivity index (χ3n) is 6.27. The number of nitriles is 1. The highest BCUT2D eigenvalue weighted by atomic mass is 32.1. The van der Waals surface area contributed by atoms with E-state index in [0.717, 1.165) is 53.4 Å². The Kier molecular flexibility index (Phi) is 7.88. The van der Waals surface area contributed by atoms with Gasteiger partial charge >= 0.3 is 0 Å². The first kappa shape index (κ1) is 25.3. The molecule has 3 aromatic rings. The van der Waals surface area contributed by atoms with Gasteiger partial charge in [-0.3, -0.25) is 4.79 Å². The molecule has 2 heterocycles. The zero-order valence-electron chi connectivity index (χ0n) is 19.8. The summed E-state index contributed by atoms with van der Waals surface area (Å²) in [4.78, 5) is 15.0. The Balaban J connectivity index is 1.61. The van der Waals surface area contributed by atoms with Crippen molar-refractivity contribution in [3.05, 3.63) is 59.0 Å². The predicted molar refractivity (Wildman–Crippen MR) is 147 cm³/mol. The predicted octanol–water partition coefficient (Wildman–Crippen LogP) is 3.42. The van der Waals surface area contributed by atoms with E-state index in [9.17, 15) is 15.2 Å². The Bertz CT molecular complexity index is 1220. The van der Waals surface area contributed by atoms with E-state index in [-0.39, 0.29) is 6.04 Å². The van der Waals surface area contributed by atoms with Crippen LogP contribution in [-0.4, -0.2) is 42.8 Å². The van der Waals surface area contributed by atoms with Crippen LogP contribution in [0.25, 0.3) is 21.6 Å². The Hall–Kier alpha value is -2.75. The molecule has 182 valence electrons. The van der Waals surface area contributed by atoms with E-state index in [0.29, 0.717) is 25.2 Å². The van der Waals surface area contributed by atoms with Crippen LogP contribution in [0.2, 0.25) is 0 Å². The SMILES string of the molecule is CC1(O)CN(c2ccc(-c3sc(CC(N)CCCNC=O)cc3-c3ccc(C#N)c(P)c3)cc2)C1. The molecule has 2 atom stereocenters. The van der Waals surface area contributed by atoms with E-state index in [4.69, 9.17) is 5.73 Å². The second-order valence-electron chi connectivity index (χ2n) is 9.45. The zero-order chi connectivity index (χ0) is 25.0. The second-order valence-corrected chi connectivity index (χ2v) is 11.2. The number of nitrogens with zero attached hydrogens (tertiary/aromatic N) is 2. The van der Waals surface area contributed by atoms with Crippen molar-refractivity contribution >= 4 is 38.0 Å². The standard InChI is InChI=1S/C27H31N4O2PS/c1-27(33)15-31(16-27)22-8-6-18(7-9-22)26-24(19-4-5-20(14-28)25(34)11-19)13-23(35-26)12-21(29)3-2-10-30-17-32/h4-9,11,13,17,21,33H,2-3,10,12,15-16,29,34H2,1H3,(H,30,32). The van der Waals surface area contributed by atoms with Crippen molar-refractivity contribution in [2.45, 2.75) is 37.8 Å². The first-order valence-corrected chi connectivity index (χ1v) is 13.1. The summed E-state index contributed by atoms with van der Waals surface area (Å²) in [6.07, 6.45) is 3.17. The average molecular weight is 507 g/mol. The molecule has 6 nitrogen and oxygen atoms in total. The molecule has 4 rings (SSSR count). The van der Waals surface area contributed by atoms with Crippen LogP contribution in [-0.2, 0) is 11.2 Å². The van der Waals surface area contributed by atoms with E-state index < -0.39 is 5.60 Å². The number of amides is 1. The summed E-state index contributed by atoms with van der Waals surface area (Å²) in [5.41, 5.74) is 10.9. The van der Waals surface area contributed by atoms with Crippen LogP contribution in [0.15, 0.2) is 48.5 Å². The molecule has 0 saturated carbocycles. The van der Waals surface area contributed by atoms with Crippen molar-refractivity contribution in [3.8, 4) is 27.6 Å². The third kappa shape index (κ3) is 6.09. The van der Waals surface area contributed by atoms with Gasteiger partial charge in [0.25, 0.3) is 0 Å². The largest absolute Gasteiger partial charge is 0.386 e. The molecule has 0 radical (unpaired) electrons. The van der Waals surface area contributed by atoms with E-state index in [1.165, 1.54) is 9.75 Å². The summed E-state index contributed by atoms with van der Waals surface area (Å²) in [5.74, 6) is 0. The molecule has 0 aliphatic carbocycles. The minimum atomic E-state index is -0.609. The molecule has 1 amide bonds. The number of anilines is 1. The number of carbonyl (C=O) groups is 1. The molecule has 1 fully saturated rings. The minimum absolute atomic E-state index is 0.0163. The van der Waals surface area contributed by atoms with Gasteiger partial charge in [-0.1, -0.05) is 18.2 Å². The molecular formula is C27H31N4O2PS. The number of rotatable bonds is 10. The Morgan fingerprint density at radius 3 is 2.60 bits per heavy atom. The Labute approximate surface area is 213 Å². The van der Waals surface area contributed by atoms with Crippen molar-refractivity contribution in [1.82, 2.24) is 5.32 Å². The quantitative estimate of drug-likeness (QED) is 0.222. The van der Waals surface area contributed by atoms with E-state index in [2.05, 4.69) is 55.9 Å². The molecule has 1 aliphatic rings. The Morgan fingerprint density at radius 2 is 1.97 bits per heavy atom. The molecule has 4 N–H and O–H groups in total. The third-order valence-corrected chi connectivity index (χ3v) is 7.95. The van der Waals surface area contributed by atoms with Crippen LogP contribution in [0.5, 0.6) is 0 Å². The fraction of sp³-hybridized carbons (Fsp3) is 0.333. The Morgan fingerprint density at radius 1 is 1.26 bits per heavy atom. The van der Waals surface area contributed by atoms with Gasteiger partial charge in [-0.25, -0.2) is 0 Å². The maximum Gasteiger partial charge on any atom is 0.207 e. The molecule has 8 heteroatoms. The molecule has 1 aromatic heterocycles. The fourth-order valence-corrected chi connectivity index (χ4v) is 6.09. The van der Waals surface area contributed by atoms with Crippen LogP contribution in [0.3, 0.4) is 0 Å². The van der Waals surface area contributed by atoms with E-state index in [1.807, 2.05) is 25.1 Å². The molecule has 1 aliphatic heterocycles. The van der Waals surface area contributed by atoms with E-state index in [1.54, 1.807) is 11.3 Å². The number of β-amino-alcohol motifs (C(OH)–C–C–N with tert-alkyl or cyclic N) is 1. The smallest absolute Gasteiger partial charge is 0.207 e. The summed E-state index contributed by atoms with van der Waals surface area (Å²) in [6, 6.07) is 18.9. The van der Waals surface area contributed by atoms with Crippen molar-refractivity contribution in [3.63, 3.8) is 0 Å². The number of nitrogens with one attached hydrogen (secondary N) is 1. The van der Waals surface area contributed by atoms with Gasteiger partial charge < -0.3 is 21.1 Å². The lowest BCUT2D eigenvalue weighted by molar-refractivity contribution is -0.109. The number of aliphatic hydroxyl groups is 1. The van der Waals surface area contributed by atoms with Gasteiger partial charge in [-0.15, -0.1) is 20.6 Å². The zero-order valence-corrected chi connectivity index (χ0v) is 21.8. The summed E-state index contributed by atoms with van der Waals surface area (Å²) >= 11 is 1.75. The average Bonchev–Trinajstić information content (AvgIpc) is 3.24. The lowest BCUT2D eigenvalue weighted by atomic mass is 9.95. The highest BCUT2D eigenvalue weighted by Crippen LogP contribution is 2.41. The van der Waals surface area contributed by atoms with Crippen LogP contribution in [0.1, 0.15) is 30.2 Å². The van der Waals surface area contributed by atoms with Gasteiger partial charge in [0.05, 0.1) is 17.2 Å². The minimum Gasteiger partial charge on any atom is -0.386 e. The van der Waals surface area contributed by atoms with Crippen LogP contribution in [0, 0.1) is 11.3 Å². The van der Waals surface area contributed by atoms with Crippen molar-refractivity contribution in [2.24, 2.45) is 5.73 Å². The van der Waals surface area contributed by atoms with Crippen molar-refractivity contribution in [2.75, 3.05) is 24.5 Å². The summed E-state index contributed by atoms with van der Waals surface area (Å²) < 4.78 is 0. The topological polar surface area (TPSA) is 102 Å². The van der Waals surface area contributed by atoms with Crippen LogP contribution in [0.4, 0.5) is 5.69 Å². The lowest BCUT2D eigenvalue weighted by Crippen LogP contribution is -2.60. The van der Waals surface area contributed by atoms with Crippen molar-refractivity contribution in [1.29, 1.82) is 5.26 Å². The van der Waals surface area contributed by atoms with Gasteiger partial charge in [-0.05, 0) is 72.9 Å². The first-order valence-electron chi connectivity index (χ1n) is 11.7. The number of hydrogen-bond acceptors (Lipinski definition) is 6.